The first kappa shape index (κ1) is 17.9. The second kappa shape index (κ2) is 8.45. The number of benzene rings is 1. The van der Waals surface area contributed by atoms with Gasteiger partial charge in [0, 0.05) is 17.0 Å². The maximum absolute atomic E-state index is 12.4. The lowest BCUT2D eigenvalue weighted by Crippen LogP contribution is -2.26. The van der Waals surface area contributed by atoms with Crippen molar-refractivity contribution >= 4 is 22.4 Å². The first-order chi connectivity index (χ1) is 12.2. The Bertz CT molecular complexity index is 693. The second-order valence-corrected chi connectivity index (χ2v) is 7.60. The molecular formula is C19H25N3O2S. The van der Waals surface area contributed by atoms with Crippen LogP contribution >= 0.6 is 11.3 Å². The van der Waals surface area contributed by atoms with E-state index < -0.39 is 0 Å². The summed E-state index contributed by atoms with van der Waals surface area (Å²) in [6.45, 7) is 4.06. The maximum atomic E-state index is 12.4. The molecule has 1 aromatic carbocycles. The van der Waals surface area contributed by atoms with Gasteiger partial charge in [-0.25, -0.2) is 4.98 Å². The Morgan fingerprint density at radius 2 is 2.08 bits per heavy atom. The predicted molar refractivity (Wildman–Crippen MR) is 101 cm³/mol. The molecule has 5 nitrogen and oxygen atoms in total. The van der Waals surface area contributed by atoms with Gasteiger partial charge in [-0.15, -0.1) is 11.3 Å². The molecule has 3 rings (SSSR count). The smallest absolute Gasteiger partial charge is 0.229 e. The monoisotopic (exact) mass is 359 g/mol. The first-order valence-corrected chi connectivity index (χ1v) is 9.57. The van der Waals surface area contributed by atoms with Crippen LogP contribution in [0.2, 0.25) is 0 Å². The average Bonchev–Trinajstić information content (AvgIpc) is 3.11. The van der Waals surface area contributed by atoms with Crippen molar-refractivity contribution < 1.29 is 9.53 Å². The molecule has 1 unspecified atom stereocenters. The van der Waals surface area contributed by atoms with Gasteiger partial charge < -0.3 is 15.4 Å². The largest absolute Gasteiger partial charge is 0.497 e. The standard InChI is InChI=1S/C19H25N3O2S/c1-13(11-14-3-5-16(24-2)6-4-14)18(23)22-19-21-12-17(25-19)15-7-9-20-10-8-15/h3-6,12-13,15,20H,7-11H2,1-2H3,(H,21,22,23). The number of anilines is 1. The highest BCUT2D eigenvalue weighted by molar-refractivity contribution is 7.15. The van der Waals surface area contributed by atoms with Crippen LogP contribution in [-0.4, -0.2) is 31.1 Å². The number of ether oxygens (including phenoxy) is 1. The lowest BCUT2D eigenvalue weighted by atomic mass is 9.97. The molecule has 0 spiro atoms. The van der Waals surface area contributed by atoms with Crippen LogP contribution in [-0.2, 0) is 11.2 Å². The van der Waals surface area contributed by atoms with Crippen LogP contribution in [0.25, 0.3) is 0 Å². The number of amides is 1. The third-order valence-corrected chi connectivity index (χ3v) is 5.72. The molecule has 2 heterocycles. The van der Waals surface area contributed by atoms with Crippen molar-refractivity contribution in [3.05, 3.63) is 40.9 Å². The molecular weight excluding hydrogens is 334 g/mol. The number of rotatable bonds is 6. The molecule has 2 N–H and O–H groups in total. The molecule has 0 bridgehead atoms. The fourth-order valence-corrected chi connectivity index (χ4v) is 4.06. The van der Waals surface area contributed by atoms with Crippen molar-refractivity contribution in [3.8, 4) is 5.75 Å². The van der Waals surface area contributed by atoms with Gasteiger partial charge in [-0.3, -0.25) is 4.79 Å². The third kappa shape index (κ3) is 4.80. The van der Waals surface area contributed by atoms with Gasteiger partial charge in [0.15, 0.2) is 5.13 Å². The zero-order valence-corrected chi connectivity index (χ0v) is 15.6. The number of piperidine rings is 1. The van der Waals surface area contributed by atoms with E-state index in [1.165, 1.54) is 4.88 Å². The van der Waals surface area contributed by atoms with E-state index in [1.807, 2.05) is 37.4 Å². The summed E-state index contributed by atoms with van der Waals surface area (Å²) in [5, 5.41) is 7.06. The highest BCUT2D eigenvalue weighted by atomic mass is 32.1. The van der Waals surface area contributed by atoms with E-state index in [0.29, 0.717) is 17.5 Å². The minimum atomic E-state index is -0.111. The molecule has 1 aliphatic heterocycles. The Kier molecular flexibility index (Phi) is 6.04. The Labute approximate surface area is 152 Å². The summed E-state index contributed by atoms with van der Waals surface area (Å²) in [5.74, 6) is 1.30. The molecule has 0 saturated carbocycles. The number of carbonyl (C=O) groups excluding carboxylic acids is 1. The number of methoxy groups -OCH3 is 1. The Balaban J connectivity index is 1.54. The van der Waals surface area contributed by atoms with E-state index in [0.717, 1.165) is 37.2 Å². The van der Waals surface area contributed by atoms with Crippen LogP contribution in [0.15, 0.2) is 30.5 Å². The molecule has 1 aromatic heterocycles. The summed E-state index contributed by atoms with van der Waals surface area (Å²) < 4.78 is 5.16. The summed E-state index contributed by atoms with van der Waals surface area (Å²) in [7, 11) is 1.65. The third-order valence-electron chi connectivity index (χ3n) is 4.64. The molecule has 1 atom stereocenters. The molecule has 6 heteroatoms. The Morgan fingerprint density at radius 3 is 2.76 bits per heavy atom. The lowest BCUT2D eigenvalue weighted by Gasteiger charge is -2.20. The molecule has 0 radical (unpaired) electrons. The normalized spacial score (nSPS) is 16.4. The first-order valence-electron chi connectivity index (χ1n) is 8.76. The van der Waals surface area contributed by atoms with Crippen LogP contribution in [0.4, 0.5) is 5.13 Å². The minimum Gasteiger partial charge on any atom is -0.497 e. The van der Waals surface area contributed by atoms with Crippen molar-refractivity contribution in [1.82, 2.24) is 10.3 Å². The van der Waals surface area contributed by atoms with Gasteiger partial charge in [0.2, 0.25) is 5.91 Å². The average molecular weight is 359 g/mol. The highest BCUT2D eigenvalue weighted by Gasteiger charge is 2.20. The van der Waals surface area contributed by atoms with E-state index in [2.05, 4.69) is 15.6 Å². The fraction of sp³-hybridized carbons (Fsp3) is 0.474. The summed E-state index contributed by atoms with van der Waals surface area (Å²) in [5.41, 5.74) is 1.12. The Hall–Kier alpha value is -1.92. The van der Waals surface area contributed by atoms with E-state index in [9.17, 15) is 4.79 Å². The van der Waals surface area contributed by atoms with Gasteiger partial charge >= 0.3 is 0 Å². The summed E-state index contributed by atoms with van der Waals surface area (Å²) in [6, 6.07) is 7.85. The van der Waals surface area contributed by atoms with Crippen molar-refractivity contribution in [1.29, 1.82) is 0 Å². The van der Waals surface area contributed by atoms with Gasteiger partial charge in [-0.05, 0) is 56.0 Å². The van der Waals surface area contributed by atoms with Crippen LogP contribution in [0.3, 0.4) is 0 Å². The summed E-state index contributed by atoms with van der Waals surface area (Å²) in [4.78, 5) is 18.1. The van der Waals surface area contributed by atoms with Crippen molar-refractivity contribution in [2.24, 2.45) is 5.92 Å². The molecule has 1 aliphatic rings. The van der Waals surface area contributed by atoms with Gasteiger partial charge in [0.25, 0.3) is 0 Å². The van der Waals surface area contributed by atoms with Gasteiger partial charge in [-0.1, -0.05) is 19.1 Å². The van der Waals surface area contributed by atoms with Crippen LogP contribution in [0.5, 0.6) is 5.75 Å². The van der Waals surface area contributed by atoms with Crippen molar-refractivity contribution in [3.63, 3.8) is 0 Å². The minimum absolute atomic E-state index is 0.0158. The van der Waals surface area contributed by atoms with E-state index >= 15 is 0 Å². The number of aromatic nitrogens is 1. The molecule has 2 aromatic rings. The Morgan fingerprint density at radius 1 is 1.36 bits per heavy atom. The number of thiazole rings is 1. The molecule has 1 saturated heterocycles. The summed E-state index contributed by atoms with van der Waals surface area (Å²) in [6.07, 6.45) is 4.90. The fourth-order valence-electron chi connectivity index (χ4n) is 3.08. The van der Waals surface area contributed by atoms with E-state index in [-0.39, 0.29) is 11.8 Å². The molecule has 1 amide bonds. The zero-order valence-electron chi connectivity index (χ0n) is 14.7. The van der Waals surface area contributed by atoms with Crippen LogP contribution < -0.4 is 15.4 Å². The number of nitrogens with zero attached hydrogens (tertiary/aromatic N) is 1. The number of hydrogen-bond donors (Lipinski definition) is 2. The summed E-state index contributed by atoms with van der Waals surface area (Å²) >= 11 is 1.61. The highest BCUT2D eigenvalue weighted by Crippen LogP contribution is 2.31. The molecule has 134 valence electrons. The lowest BCUT2D eigenvalue weighted by molar-refractivity contribution is -0.119. The maximum Gasteiger partial charge on any atom is 0.229 e. The van der Waals surface area contributed by atoms with Gasteiger partial charge in [0.05, 0.1) is 7.11 Å². The van der Waals surface area contributed by atoms with Gasteiger partial charge in [0.1, 0.15) is 5.75 Å². The molecule has 0 aliphatic carbocycles. The van der Waals surface area contributed by atoms with E-state index in [1.54, 1.807) is 18.4 Å². The molecule has 25 heavy (non-hydrogen) atoms. The van der Waals surface area contributed by atoms with Crippen molar-refractivity contribution in [2.75, 3.05) is 25.5 Å². The second-order valence-electron chi connectivity index (χ2n) is 6.53. The molecule has 1 fully saturated rings. The van der Waals surface area contributed by atoms with Crippen LogP contribution in [0.1, 0.15) is 36.1 Å². The number of carbonyl (C=O) groups is 1. The SMILES string of the molecule is COc1ccc(CC(C)C(=O)Nc2ncc(C3CCNCC3)s2)cc1. The van der Waals surface area contributed by atoms with Crippen LogP contribution in [0, 0.1) is 5.92 Å². The van der Waals surface area contributed by atoms with Crippen molar-refractivity contribution in [2.45, 2.75) is 32.1 Å². The van der Waals surface area contributed by atoms with E-state index in [4.69, 9.17) is 4.74 Å². The number of hydrogen-bond acceptors (Lipinski definition) is 5. The van der Waals surface area contributed by atoms with Gasteiger partial charge in [-0.2, -0.15) is 0 Å². The quantitative estimate of drug-likeness (QED) is 0.829. The topological polar surface area (TPSA) is 63.2 Å². The predicted octanol–water partition coefficient (Wildman–Crippen LogP) is 3.44. The zero-order chi connectivity index (χ0) is 17.6. The number of nitrogens with one attached hydrogen (secondary N) is 2.